The molecule has 55 heavy (non-hydrogen) atoms. The zero-order chi connectivity index (χ0) is 40.0. The first-order valence-corrected chi connectivity index (χ1v) is 18.6. The van der Waals surface area contributed by atoms with Crippen molar-refractivity contribution in [2.75, 3.05) is 4.90 Å². The van der Waals surface area contributed by atoms with Gasteiger partial charge in [-0.15, -0.1) is 0 Å². The molecule has 0 saturated carbocycles. The molecule has 0 saturated heterocycles. The van der Waals surface area contributed by atoms with Crippen LogP contribution in [0.3, 0.4) is 0 Å². The highest BCUT2D eigenvalue weighted by atomic mass is 15.1. The highest BCUT2D eigenvalue weighted by Crippen LogP contribution is 2.42. The number of hydrogen-bond donors (Lipinski definition) is 0. The van der Waals surface area contributed by atoms with Crippen molar-refractivity contribution in [2.45, 2.75) is 0 Å². The van der Waals surface area contributed by atoms with Crippen LogP contribution in [-0.2, 0) is 0 Å². The monoisotopic (exact) mass is 703 g/mol. The summed E-state index contributed by atoms with van der Waals surface area (Å²) in [6.45, 7) is 0. The molecule has 0 atom stereocenters. The van der Waals surface area contributed by atoms with E-state index in [4.69, 9.17) is 0 Å². The molecule has 1 nitrogen and oxygen atoms in total. The van der Waals surface area contributed by atoms with Crippen LogP contribution < -0.4 is 4.90 Å². The Labute approximate surface area is 327 Å². The molecule has 10 aromatic rings. The largest absolute Gasteiger partial charge is 0.310 e. The maximum Gasteiger partial charge on any atom is 0.0645 e. The predicted octanol–water partition coefficient (Wildman–Crippen LogP) is 15.3. The molecule has 0 bridgehead atoms. The topological polar surface area (TPSA) is 3.24 Å². The van der Waals surface area contributed by atoms with Gasteiger partial charge in [-0.1, -0.05) is 182 Å². The summed E-state index contributed by atoms with van der Waals surface area (Å²) < 4.78 is 37.8. The Balaban J connectivity index is 1.10. The van der Waals surface area contributed by atoms with Crippen molar-refractivity contribution in [1.82, 2.24) is 0 Å². The first-order chi connectivity index (χ1) is 28.9. The fraction of sp³-hybridized carbons (Fsp3) is 0. The first kappa shape index (κ1) is 28.3. The molecule has 0 unspecified atom stereocenters. The molecule has 10 rings (SSSR count). The van der Waals surface area contributed by atoms with Crippen molar-refractivity contribution in [1.29, 1.82) is 0 Å². The summed E-state index contributed by atoms with van der Waals surface area (Å²) in [6.07, 6.45) is 0. The lowest BCUT2D eigenvalue weighted by atomic mass is 9.89. The van der Waals surface area contributed by atoms with Gasteiger partial charge in [0.05, 0.1) is 5.48 Å². The third-order valence-electron chi connectivity index (χ3n) is 10.5. The molecule has 0 aliphatic heterocycles. The molecule has 0 heterocycles. The molecule has 1 heteroatoms. The van der Waals surface area contributed by atoms with E-state index in [0.717, 1.165) is 71.7 Å². The molecule has 258 valence electrons. The van der Waals surface area contributed by atoms with E-state index >= 15 is 0 Å². The molecular formula is C54H37N. The maximum absolute atomic E-state index is 9.53. The van der Waals surface area contributed by atoms with Gasteiger partial charge in [-0.25, -0.2) is 0 Å². The third-order valence-corrected chi connectivity index (χ3v) is 10.5. The molecule has 0 aliphatic rings. The van der Waals surface area contributed by atoms with Crippen molar-refractivity contribution in [3.05, 3.63) is 224 Å². The molecule has 0 amide bonds. The summed E-state index contributed by atoms with van der Waals surface area (Å²) in [5, 5.41) is 6.70. The standard InChI is InChI=1S/C54H37N/c1-2-12-43(13-3-1)53-35-29-44-14-8-9-17-52(44)54(53)45-27-32-50(33-28-45)55(51-34-26-39-11-5-7-16-47(39)37-51)49-30-24-41(25-31-49)40-18-20-42(21-19-40)48-23-22-38-10-4-6-15-46(38)36-48/h1-37H/i24D,25D,30D,31D. The zero-order valence-corrected chi connectivity index (χ0v) is 30.0. The van der Waals surface area contributed by atoms with Crippen LogP contribution >= 0.6 is 0 Å². The second kappa shape index (κ2) is 14.0. The molecule has 0 radical (unpaired) electrons. The maximum atomic E-state index is 9.53. The summed E-state index contributed by atoms with van der Waals surface area (Å²) in [5.74, 6) is 0. The highest BCUT2D eigenvalue weighted by Gasteiger charge is 2.16. The van der Waals surface area contributed by atoms with Gasteiger partial charge in [0.15, 0.2) is 0 Å². The number of benzene rings is 10. The van der Waals surface area contributed by atoms with Gasteiger partial charge in [0.1, 0.15) is 0 Å². The Morgan fingerprint density at radius 2 is 0.800 bits per heavy atom. The lowest BCUT2D eigenvalue weighted by molar-refractivity contribution is 1.29. The quantitative estimate of drug-likeness (QED) is 0.160. The predicted molar refractivity (Wildman–Crippen MR) is 235 cm³/mol. The molecule has 0 aliphatic carbocycles. The third kappa shape index (κ3) is 6.22. The zero-order valence-electron chi connectivity index (χ0n) is 34.0. The van der Waals surface area contributed by atoms with Crippen LogP contribution in [0.1, 0.15) is 5.48 Å². The average molecular weight is 704 g/mol. The van der Waals surface area contributed by atoms with Crippen molar-refractivity contribution in [3.8, 4) is 44.5 Å². The van der Waals surface area contributed by atoms with Crippen molar-refractivity contribution < 1.29 is 5.48 Å². The van der Waals surface area contributed by atoms with Crippen LogP contribution in [0.4, 0.5) is 17.1 Å². The van der Waals surface area contributed by atoms with Crippen LogP contribution in [-0.4, -0.2) is 0 Å². The van der Waals surface area contributed by atoms with Crippen LogP contribution in [0, 0.1) is 0 Å². The molecular weight excluding hydrogens is 663 g/mol. The first-order valence-electron chi connectivity index (χ1n) is 20.6. The van der Waals surface area contributed by atoms with Crippen LogP contribution in [0.5, 0.6) is 0 Å². The van der Waals surface area contributed by atoms with E-state index in [1.807, 2.05) is 95.9 Å². The normalized spacial score (nSPS) is 12.3. The summed E-state index contributed by atoms with van der Waals surface area (Å²) in [6, 6.07) is 67.6. The van der Waals surface area contributed by atoms with Gasteiger partial charge >= 0.3 is 0 Å². The van der Waals surface area contributed by atoms with Gasteiger partial charge in [-0.05, 0) is 119 Å². The SMILES string of the molecule is [2H]c1c([2H])c(N(c2ccc(-c3c(-c4ccccc4)ccc4ccccc34)cc2)c2ccc3ccccc3c2)c([2H])c([2H])c1-c1ccc(-c2ccc3ccccc3c2)cc1. The molecule has 0 fully saturated rings. The van der Waals surface area contributed by atoms with Gasteiger partial charge in [0.2, 0.25) is 0 Å². The van der Waals surface area contributed by atoms with Crippen molar-refractivity contribution in [3.63, 3.8) is 0 Å². The number of rotatable bonds is 7. The van der Waals surface area contributed by atoms with Crippen molar-refractivity contribution >= 4 is 49.4 Å². The lowest BCUT2D eigenvalue weighted by Gasteiger charge is -2.26. The number of fused-ring (bicyclic) bond motifs is 3. The molecule has 0 N–H and O–H groups in total. The average Bonchev–Trinajstić information content (AvgIpc) is 3.30. The Morgan fingerprint density at radius 1 is 0.291 bits per heavy atom. The smallest absolute Gasteiger partial charge is 0.0645 e. The summed E-state index contributed by atoms with van der Waals surface area (Å²) >= 11 is 0. The fourth-order valence-corrected chi connectivity index (χ4v) is 7.70. The summed E-state index contributed by atoms with van der Waals surface area (Å²) in [4.78, 5) is 1.87. The van der Waals surface area contributed by atoms with Gasteiger partial charge in [0.25, 0.3) is 0 Å². The minimum Gasteiger partial charge on any atom is -0.310 e. The highest BCUT2D eigenvalue weighted by molar-refractivity contribution is 6.04. The molecule has 10 aromatic carbocycles. The van der Waals surface area contributed by atoms with Crippen molar-refractivity contribution in [2.24, 2.45) is 0 Å². The van der Waals surface area contributed by atoms with E-state index in [9.17, 15) is 5.48 Å². The lowest BCUT2D eigenvalue weighted by Crippen LogP contribution is -2.09. The van der Waals surface area contributed by atoms with Gasteiger partial charge in [-0.3, -0.25) is 0 Å². The van der Waals surface area contributed by atoms with E-state index in [1.165, 1.54) is 5.39 Å². The van der Waals surface area contributed by atoms with Crippen LogP contribution in [0.2, 0.25) is 0 Å². The Hall–Kier alpha value is -7.22. The molecule has 0 spiro atoms. The van der Waals surface area contributed by atoms with Crippen LogP contribution in [0.15, 0.2) is 224 Å². The Bertz CT molecular complexity index is 3170. The van der Waals surface area contributed by atoms with E-state index in [-0.39, 0.29) is 35.4 Å². The minimum absolute atomic E-state index is 0.0925. The second-order valence-corrected chi connectivity index (χ2v) is 13.9. The Kier molecular flexibility index (Phi) is 7.19. The van der Waals surface area contributed by atoms with E-state index in [0.29, 0.717) is 5.56 Å². The van der Waals surface area contributed by atoms with E-state index in [2.05, 4.69) is 109 Å². The van der Waals surface area contributed by atoms with Gasteiger partial charge in [-0.2, -0.15) is 0 Å². The minimum atomic E-state index is -0.114. The number of hydrogen-bond acceptors (Lipinski definition) is 1. The Morgan fingerprint density at radius 3 is 1.51 bits per heavy atom. The van der Waals surface area contributed by atoms with Gasteiger partial charge < -0.3 is 4.90 Å². The van der Waals surface area contributed by atoms with Gasteiger partial charge in [0, 0.05) is 17.1 Å². The second-order valence-electron chi connectivity index (χ2n) is 13.9. The molecule has 0 aromatic heterocycles. The van der Waals surface area contributed by atoms with E-state index < -0.39 is 0 Å². The summed E-state index contributed by atoms with van der Waals surface area (Å²) in [7, 11) is 0. The van der Waals surface area contributed by atoms with Crippen LogP contribution in [0.25, 0.3) is 76.8 Å². The number of nitrogens with zero attached hydrogens (tertiary/aromatic N) is 1. The van der Waals surface area contributed by atoms with E-state index in [1.54, 1.807) is 0 Å². The fourth-order valence-electron chi connectivity index (χ4n) is 7.70. The number of anilines is 3. The summed E-state index contributed by atoms with van der Waals surface area (Å²) in [5.41, 5.74) is 9.04.